The van der Waals surface area contributed by atoms with Gasteiger partial charge in [0.1, 0.15) is 18.1 Å². The molecule has 2 heterocycles. The maximum absolute atomic E-state index is 13.4. The van der Waals surface area contributed by atoms with Crippen LogP contribution in [-0.2, 0) is 24.0 Å². The summed E-state index contributed by atoms with van der Waals surface area (Å²) in [7, 11) is 4.25. The van der Waals surface area contributed by atoms with Crippen molar-refractivity contribution in [2.75, 3.05) is 41.0 Å². The van der Waals surface area contributed by atoms with E-state index in [9.17, 15) is 13.6 Å². The molecule has 7 nitrogen and oxygen atoms in total. The number of nitrogens with zero attached hydrogens (tertiary/aromatic N) is 2. The molecule has 0 atom stereocenters. The first-order valence-electron chi connectivity index (χ1n) is 15.9. The molecule has 1 N–H and O–H groups in total. The summed E-state index contributed by atoms with van der Waals surface area (Å²) >= 11 is 0. The fourth-order valence-electron chi connectivity index (χ4n) is 4.70. The van der Waals surface area contributed by atoms with Crippen LogP contribution in [0.2, 0.25) is 0 Å². The fourth-order valence-corrected chi connectivity index (χ4v) is 4.70. The number of aliphatic hydroxyl groups excluding tert-OH is 1. The maximum atomic E-state index is 13.4. The van der Waals surface area contributed by atoms with Crippen LogP contribution in [-0.4, -0.2) is 62.1 Å². The van der Waals surface area contributed by atoms with Crippen LogP contribution in [0, 0.1) is 11.6 Å². The van der Waals surface area contributed by atoms with Gasteiger partial charge in [-0.1, -0.05) is 56.7 Å². The highest BCUT2D eigenvalue weighted by atomic mass is 19.2. The molecule has 1 aliphatic rings. The smallest absolute Gasteiger partial charge is 0.415 e. The number of amides is 1. The van der Waals surface area contributed by atoms with Gasteiger partial charge >= 0.3 is 6.09 Å². The van der Waals surface area contributed by atoms with Crippen molar-refractivity contribution < 1.29 is 32.9 Å². The molecule has 3 aromatic carbocycles. The number of pyridine rings is 1. The van der Waals surface area contributed by atoms with Crippen LogP contribution in [0.3, 0.4) is 0 Å². The molecule has 0 fully saturated rings. The lowest BCUT2D eigenvalue weighted by atomic mass is 9.98. The van der Waals surface area contributed by atoms with Crippen molar-refractivity contribution in [1.82, 2.24) is 9.88 Å². The van der Waals surface area contributed by atoms with Crippen molar-refractivity contribution in [2.45, 2.75) is 52.4 Å². The van der Waals surface area contributed by atoms with Crippen LogP contribution < -0.4 is 9.47 Å². The minimum absolute atomic E-state index is 0.0241. The number of aryl methyl sites for hydroxylation is 3. The van der Waals surface area contributed by atoms with E-state index in [1.807, 2.05) is 30.5 Å². The molecule has 1 aromatic heterocycles. The third kappa shape index (κ3) is 13.5. The highest BCUT2D eigenvalue weighted by molar-refractivity contribution is 5.70. The van der Waals surface area contributed by atoms with E-state index in [0.717, 1.165) is 80.3 Å². The maximum Gasteiger partial charge on any atom is 0.415 e. The number of rotatable bonds is 4. The topological polar surface area (TPSA) is 81.1 Å². The number of aliphatic hydroxyl groups is 1. The molecular formula is C38H48F2N2O5. The van der Waals surface area contributed by atoms with Crippen molar-refractivity contribution in [3.8, 4) is 22.6 Å². The molecule has 254 valence electrons. The Morgan fingerprint density at radius 1 is 0.851 bits per heavy atom. The van der Waals surface area contributed by atoms with Gasteiger partial charge in [-0.15, -0.1) is 0 Å². The number of benzene rings is 3. The standard InChI is InChI=1S/C28H29F2NO3.C7H9N.C2H6O.CH4O/c1-2-20-7-9-21(10-8-20)22-11-14-27-23(18-22)6-4-3-5-15-31(16-17-33-27)28(32)34-24-12-13-25(29)26(30)19-24;1-2-7-5-3-4-6-8-7;1-3-2;1-2/h7-14,18-19H,2-6,15-17H2,1H3;3-6H,2H2,1H3;1-2H3;2H,1H3. The van der Waals surface area contributed by atoms with Crippen LogP contribution in [0.1, 0.15) is 49.9 Å². The predicted octanol–water partition coefficient (Wildman–Crippen LogP) is 8.32. The molecule has 0 saturated heterocycles. The summed E-state index contributed by atoms with van der Waals surface area (Å²) in [5, 5.41) is 7.00. The molecule has 1 aliphatic heterocycles. The van der Waals surface area contributed by atoms with E-state index in [2.05, 4.69) is 60.0 Å². The molecule has 9 heteroatoms. The number of hydrogen-bond acceptors (Lipinski definition) is 6. The normalized spacial score (nSPS) is 12.6. The van der Waals surface area contributed by atoms with Gasteiger partial charge in [0.05, 0.1) is 6.54 Å². The number of carbonyl (C=O) groups excluding carboxylic acids is 1. The van der Waals surface area contributed by atoms with E-state index in [0.29, 0.717) is 19.7 Å². The third-order valence-electron chi connectivity index (χ3n) is 7.19. The van der Waals surface area contributed by atoms with Gasteiger partial charge in [0.15, 0.2) is 11.6 Å². The van der Waals surface area contributed by atoms with E-state index in [1.54, 1.807) is 19.1 Å². The number of carbonyl (C=O) groups is 1. The first-order valence-corrected chi connectivity index (χ1v) is 15.9. The van der Waals surface area contributed by atoms with E-state index in [-0.39, 0.29) is 5.75 Å². The summed E-state index contributed by atoms with van der Waals surface area (Å²) < 4.78 is 42.2. The van der Waals surface area contributed by atoms with Gasteiger partial charge in [0.25, 0.3) is 0 Å². The first-order chi connectivity index (χ1) is 22.9. The Balaban J connectivity index is 0.000000499. The van der Waals surface area contributed by atoms with Gasteiger partial charge in [-0.3, -0.25) is 4.98 Å². The summed E-state index contributed by atoms with van der Waals surface area (Å²) in [5.41, 5.74) is 5.98. The van der Waals surface area contributed by atoms with E-state index in [1.165, 1.54) is 17.2 Å². The van der Waals surface area contributed by atoms with E-state index < -0.39 is 17.7 Å². The number of methoxy groups -OCH3 is 1. The molecular weight excluding hydrogens is 602 g/mol. The lowest BCUT2D eigenvalue weighted by molar-refractivity contribution is 0.141. The Morgan fingerprint density at radius 2 is 1.57 bits per heavy atom. The lowest BCUT2D eigenvalue weighted by Gasteiger charge is -2.22. The van der Waals surface area contributed by atoms with Crippen LogP contribution >= 0.6 is 0 Å². The van der Waals surface area contributed by atoms with Crippen molar-refractivity contribution >= 4 is 6.09 Å². The molecule has 0 saturated carbocycles. The lowest BCUT2D eigenvalue weighted by Crippen LogP contribution is -2.37. The summed E-state index contributed by atoms with van der Waals surface area (Å²) in [6.07, 6.45) is 6.91. The van der Waals surface area contributed by atoms with Crippen molar-refractivity contribution in [2.24, 2.45) is 0 Å². The van der Waals surface area contributed by atoms with E-state index >= 15 is 0 Å². The zero-order chi connectivity index (χ0) is 34.4. The van der Waals surface area contributed by atoms with Crippen molar-refractivity contribution in [1.29, 1.82) is 0 Å². The van der Waals surface area contributed by atoms with Gasteiger partial charge in [-0.05, 0) is 90.8 Å². The SMILES string of the molecule is CCc1ccc(-c2ccc3c(c2)CCCCCN(C(=O)Oc2ccc(F)c(F)c2)CCO3)cc1.CCc1ccccn1.CO.COC. The first kappa shape index (κ1) is 38.8. The van der Waals surface area contributed by atoms with Crippen LogP contribution in [0.15, 0.2) is 85.1 Å². The predicted molar refractivity (Wildman–Crippen MR) is 183 cm³/mol. The summed E-state index contributed by atoms with van der Waals surface area (Å²) in [6.45, 7) is 5.40. The van der Waals surface area contributed by atoms with Gasteiger partial charge < -0.3 is 24.2 Å². The monoisotopic (exact) mass is 650 g/mol. The molecule has 0 unspecified atom stereocenters. The molecule has 5 rings (SSSR count). The Kier molecular flexibility index (Phi) is 18.4. The fraction of sp³-hybridized carbons (Fsp3) is 0.368. The molecule has 0 bridgehead atoms. The second-order valence-corrected chi connectivity index (χ2v) is 10.5. The van der Waals surface area contributed by atoms with Gasteiger partial charge in [0, 0.05) is 45.8 Å². The van der Waals surface area contributed by atoms with Crippen LogP contribution in [0.25, 0.3) is 11.1 Å². The quantitative estimate of drug-likeness (QED) is 0.239. The number of aromatic nitrogens is 1. The number of ether oxygens (including phenoxy) is 3. The molecule has 0 aliphatic carbocycles. The largest absolute Gasteiger partial charge is 0.491 e. The second-order valence-electron chi connectivity index (χ2n) is 10.5. The average molecular weight is 651 g/mol. The van der Waals surface area contributed by atoms with Crippen molar-refractivity contribution in [3.63, 3.8) is 0 Å². The molecule has 4 aromatic rings. The minimum Gasteiger partial charge on any atom is -0.491 e. The van der Waals surface area contributed by atoms with Crippen molar-refractivity contribution in [3.05, 3.63) is 114 Å². The Bertz CT molecular complexity index is 1450. The summed E-state index contributed by atoms with van der Waals surface area (Å²) in [5.74, 6) is -1.24. The van der Waals surface area contributed by atoms with Crippen LogP contribution in [0.4, 0.5) is 13.6 Å². The number of hydrogen-bond donors (Lipinski definition) is 1. The second kappa shape index (κ2) is 22.2. The zero-order valence-electron chi connectivity index (χ0n) is 28.2. The average Bonchev–Trinajstić information content (AvgIpc) is 3.16. The molecule has 47 heavy (non-hydrogen) atoms. The Morgan fingerprint density at radius 3 is 2.19 bits per heavy atom. The van der Waals surface area contributed by atoms with E-state index in [4.69, 9.17) is 14.6 Å². The Labute approximate surface area is 278 Å². The molecule has 0 spiro atoms. The third-order valence-corrected chi connectivity index (χ3v) is 7.19. The summed E-state index contributed by atoms with van der Waals surface area (Å²) in [4.78, 5) is 18.3. The minimum atomic E-state index is -1.05. The highest BCUT2D eigenvalue weighted by Crippen LogP contribution is 2.29. The van der Waals surface area contributed by atoms with Crippen LogP contribution in [0.5, 0.6) is 11.5 Å². The number of fused-ring (bicyclic) bond motifs is 1. The molecule has 1 amide bonds. The molecule has 0 radical (unpaired) electrons. The zero-order valence-corrected chi connectivity index (χ0v) is 28.2. The Hall–Kier alpha value is -4.34. The summed E-state index contributed by atoms with van der Waals surface area (Å²) in [6, 6.07) is 23.9. The van der Waals surface area contributed by atoms with Gasteiger partial charge in [-0.25, -0.2) is 13.6 Å². The highest BCUT2D eigenvalue weighted by Gasteiger charge is 2.18. The van der Waals surface area contributed by atoms with Gasteiger partial charge in [0.2, 0.25) is 0 Å². The number of halogens is 2. The van der Waals surface area contributed by atoms with Gasteiger partial charge in [-0.2, -0.15) is 0 Å².